The first-order valence-electron chi connectivity index (χ1n) is 6.82. The Bertz CT molecular complexity index is 392. The number of likely N-dealkylation sites (N-methyl/N-ethyl adjacent to an activating group) is 1. The summed E-state index contributed by atoms with van der Waals surface area (Å²) >= 11 is 0. The first-order chi connectivity index (χ1) is 8.80. The third-order valence-electron chi connectivity index (χ3n) is 3.48. The number of hydrogen-bond donors (Lipinski definition) is 1. The summed E-state index contributed by atoms with van der Waals surface area (Å²) in [5.41, 5.74) is 2.62. The SMILES string of the molecule is CCNC1c2cc(CCOC)ccc2OC1CC. The van der Waals surface area contributed by atoms with Gasteiger partial charge in [-0.15, -0.1) is 0 Å². The molecule has 0 bridgehead atoms. The Hall–Kier alpha value is -1.06. The molecule has 1 heterocycles. The molecule has 100 valence electrons. The number of ether oxygens (including phenoxy) is 2. The number of methoxy groups -OCH3 is 1. The lowest BCUT2D eigenvalue weighted by Crippen LogP contribution is -2.30. The van der Waals surface area contributed by atoms with E-state index in [0.717, 1.165) is 31.7 Å². The van der Waals surface area contributed by atoms with E-state index >= 15 is 0 Å². The van der Waals surface area contributed by atoms with Crippen molar-refractivity contribution in [1.29, 1.82) is 0 Å². The molecule has 0 fully saturated rings. The Morgan fingerprint density at radius 2 is 2.17 bits per heavy atom. The Labute approximate surface area is 109 Å². The molecule has 1 aliphatic rings. The second kappa shape index (κ2) is 6.21. The molecule has 3 heteroatoms. The fourth-order valence-electron chi connectivity index (χ4n) is 2.54. The monoisotopic (exact) mass is 249 g/mol. The largest absolute Gasteiger partial charge is 0.488 e. The van der Waals surface area contributed by atoms with Crippen LogP contribution in [0.3, 0.4) is 0 Å². The number of rotatable bonds is 6. The third-order valence-corrected chi connectivity index (χ3v) is 3.48. The maximum Gasteiger partial charge on any atom is 0.124 e. The highest BCUT2D eigenvalue weighted by Gasteiger charge is 2.32. The van der Waals surface area contributed by atoms with Crippen LogP contribution < -0.4 is 10.1 Å². The van der Waals surface area contributed by atoms with Crippen LogP contribution >= 0.6 is 0 Å². The lowest BCUT2D eigenvalue weighted by Gasteiger charge is -2.18. The summed E-state index contributed by atoms with van der Waals surface area (Å²) in [7, 11) is 1.74. The lowest BCUT2D eigenvalue weighted by atomic mass is 9.99. The summed E-state index contributed by atoms with van der Waals surface area (Å²) in [6.07, 6.45) is 2.25. The van der Waals surface area contributed by atoms with Crippen LogP contribution in [0, 0.1) is 0 Å². The van der Waals surface area contributed by atoms with Crippen molar-refractivity contribution in [3.8, 4) is 5.75 Å². The first kappa shape index (κ1) is 13.4. The van der Waals surface area contributed by atoms with Gasteiger partial charge in [-0.1, -0.05) is 26.0 Å². The van der Waals surface area contributed by atoms with Crippen LogP contribution in [0.4, 0.5) is 0 Å². The van der Waals surface area contributed by atoms with Gasteiger partial charge >= 0.3 is 0 Å². The van der Waals surface area contributed by atoms with Crippen LogP contribution in [0.1, 0.15) is 37.4 Å². The standard InChI is InChI=1S/C15H23NO2/c1-4-13-15(16-5-2)12-10-11(8-9-17-3)6-7-14(12)18-13/h6-7,10,13,15-16H,4-5,8-9H2,1-3H3. The second-order valence-corrected chi connectivity index (χ2v) is 4.71. The smallest absolute Gasteiger partial charge is 0.124 e. The normalized spacial score (nSPS) is 21.7. The minimum absolute atomic E-state index is 0.262. The molecule has 1 aliphatic heterocycles. The maximum absolute atomic E-state index is 5.99. The molecule has 0 amide bonds. The highest BCUT2D eigenvalue weighted by molar-refractivity contribution is 5.43. The van der Waals surface area contributed by atoms with Crippen LogP contribution in [0.2, 0.25) is 0 Å². The summed E-state index contributed by atoms with van der Waals surface area (Å²) in [6, 6.07) is 6.83. The van der Waals surface area contributed by atoms with Crippen molar-refractivity contribution in [3.63, 3.8) is 0 Å². The quantitative estimate of drug-likeness (QED) is 0.841. The number of hydrogen-bond acceptors (Lipinski definition) is 3. The summed E-state index contributed by atoms with van der Waals surface area (Å²) < 4.78 is 11.1. The van der Waals surface area contributed by atoms with Crippen molar-refractivity contribution >= 4 is 0 Å². The van der Waals surface area contributed by atoms with Gasteiger partial charge in [-0.3, -0.25) is 0 Å². The molecule has 2 unspecified atom stereocenters. The second-order valence-electron chi connectivity index (χ2n) is 4.71. The number of benzene rings is 1. The average Bonchev–Trinajstić information content (AvgIpc) is 2.74. The van der Waals surface area contributed by atoms with Gasteiger partial charge in [-0.2, -0.15) is 0 Å². The number of nitrogens with one attached hydrogen (secondary N) is 1. The van der Waals surface area contributed by atoms with Gasteiger partial charge in [0.2, 0.25) is 0 Å². The molecule has 3 nitrogen and oxygen atoms in total. The molecule has 2 rings (SSSR count). The summed E-state index contributed by atoms with van der Waals surface area (Å²) in [5, 5.41) is 3.53. The van der Waals surface area contributed by atoms with Gasteiger partial charge < -0.3 is 14.8 Å². The molecule has 0 spiro atoms. The van der Waals surface area contributed by atoms with E-state index in [0.29, 0.717) is 6.04 Å². The number of fused-ring (bicyclic) bond motifs is 1. The van der Waals surface area contributed by atoms with Crippen LogP contribution in [0.15, 0.2) is 18.2 Å². The Morgan fingerprint density at radius 3 is 2.83 bits per heavy atom. The zero-order chi connectivity index (χ0) is 13.0. The third kappa shape index (κ3) is 2.68. The van der Waals surface area contributed by atoms with Crippen LogP contribution in [0.5, 0.6) is 5.75 Å². The molecule has 1 aromatic rings. The lowest BCUT2D eigenvalue weighted by molar-refractivity contribution is 0.186. The zero-order valence-corrected chi connectivity index (χ0v) is 11.5. The summed E-state index contributed by atoms with van der Waals surface area (Å²) in [6.45, 7) is 6.04. The van der Waals surface area contributed by atoms with E-state index in [4.69, 9.17) is 9.47 Å². The molecule has 0 saturated carbocycles. The van der Waals surface area contributed by atoms with E-state index in [1.807, 2.05) is 0 Å². The molecular formula is C15H23NO2. The molecule has 0 aliphatic carbocycles. The molecule has 2 atom stereocenters. The van der Waals surface area contributed by atoms with Crippen LogP contribution in [-0.4, -0.2) is 26.4 Å². The predicted octanol–water partition coefficient (Wildman–Crippen LogP) is 2.70. The molecule has 1 N–H and O–H groups in total. The van der Waals surface area contributed by atoms with Crippen LogP contribution in [-0.2, 0) is 11.2 Å². The van der Waals surface area contributed by atoms with Crippen molar-refractivity contribution in [3.05, 3.63) is 29.3 Å². The van der Waals surface area contributed by atoms with Gasteiger partial charge in [-0.05, 0) is 31.0 Å². The van der Waals surface area contributed by atoms with Crippen molar-refractivity contribution in [2.45, 2.75) is 38.8 Å². The minimum atomic E-state index is 0.262. The molecule has 0 radical (unpaired) electrons. The van der Waals surface area contributed by atoms with E-state index in [-0.39, 0.29) is 6.10 Å². The molecule has 1 aromatic carbocycles. The van der Waals surface area contributed by atoms with Crippen LogP contribution in [0.25, 0.3) is 0 Å². The fourth-order valence-corrected chi connectivity index (χ4v) is 2.54. The Balaban J connectivity index is 2.20. The molecular weight excluding hydrogens is 226 g/mol. The molecule has 18 heavy (non-hydrogen) atoms. The molecule has 0 saturated heterocycles. The van der Waals surface area contributed by atoms with Crippen molar-refractivity contribution in [1.82, 2.24) is 5.32 Å². The molecule has 0 aromatic heterocycles. The Morgan fingerprint density at radius 1 is 1.33 bits per heavy atom. The fraction of sp³-hybridized carbons (Fsp3) is 0.600. The van der Waals surface area contributed by atoms with E-state index in [9.17, 15) is 0 Å². The van der Waals surface area contributed by atoms with Gasteiger partial charge in [0.25, 0.3) is 0 Å². The highest BCUT2D eigenvalue weighted by atomic mass is 16.5. The predicted molar refractivity (Wildman–Crippen MR) is 73.1 cm³/mol. The van der Waals surface area contributed by atoms with Gasteiger partial charge in [0, 0.05) is 12.7 Å². The highest BCUT2D eigenvalue weighted by Crippen LogP contribution is 2.38. The van der Waals surface area contributed by atoms with E-state index in [1.165, 1.54) is 11.1 Å². The minimum Gasteiger partial charge on any atom is -0.488 e. The first-order valence-corrected chi connectivity index (χ1v) is 6.82. The van der Waals surface area contributed by atoms with Gasteiger partial charge in [0.15, 0.2) is 0 Å². The topological polar surface area (TPSA) is 30.5 Å². The van der Waals surface area contributed by atoms with Crippen molar-refractivity contribution in [2.75, 3.05) is 20.3 Å². The Kier molecular flexibility index (Phi) is 4.61. The maximum atomic E-state index is 5.99. The summed E-state index contributed by atoms with van der Waals surface area (Å²) in [4.78, 5) is 0. The van der Waals surface area contributed by atoms with Gasteiger partial charge in [0.05, 0.1) is 12.6 Å². The van der Waals surface area contributed by atoms with Gasteiger partial charge in [-0.25, -0.2) is 0 Å². The zero-order valence-electron chi connectivity index (χ0n) is 11.5. The average molecular weight is 249 g/mol. The summed E-state index contributed by atoms with van der Waals surface area (Å²) in [5.74, 6) is 1.04. The van der Waals surface area contributed by atoms with E-state index < -0.39 is 0 Å². The van der Waals surface area contributed by atoms with Gasteiger partial charge in [0.1, 0.15) is 11.9 Å². The van der Waals surface area contributed by atoms with E-state index in [1.54, 1.807) is 7.11 Å². The van der Waals surface area contributed by atoms with Crippen molar-refractivity contribution < 1.29 is 9.47 Å². The van der Waals surface area contributed by atoms with Crippen molar-refractivity contribution in [2.24, 2.45) is 0 Å². The van der Waals surface area contributed by atoms with E-state index in [2.05, 4.69) is 37.4 Å².